The number of hydrogen-bond acceptors (Lipinski definition) is 3. The summed E-state index contributed by atoms with van der Waals surface area (Å²) in [5.74, 6) is 2.03. The quantitative estimate of drug-likeness (QED) is 0.868. The van der Waals surface area contributed by atoms with Crippen molar-refractivity contribution in [3.8, 4) is 0 Å². The van der Waals surface area contributed by atoms with Crippen molar-refractivity contribution in [2.45, 2.75) is 51.6 Å². The molecule has 1 aliphatic rings. The summed E-state index contributed by atoms with van der Waals surface area (Å²) >= 11 is 0. The van der Waals surface area contributed by atoms with Crippen molar-refractivity contribution in [1.29, 1.82) is 0 Å². The molecule has 0 spiro atoms. The topological polar surface area (TPSA) is 28.2 Å². The molecule has 94 valence electrons. The highest BCUT2D eigenvalue weighted by Gasteiger charge is 2.23. The zero-order valence-electron chi connectivity index (χ0n) is 11.3. The highest BCUT2D eigenvalue weighted by molar-refractivity contribution is 5.48. The lowest BCUT2D eigenvalue weighted by Gasteiger charge is -2.35. The minimum atomic E-state index is 0.0562. The molecular formula is C14H23N3. The van der Waals surface area contributed by atoms with Crippen LogP contribution in [-0.2, 0) is 0 Å². The van der Waals surface area contributed by atoms with E-state index < -0.39 is 0 Å². The third kappa shape index (κ3) is 3.11. The van der Waals surface area contributed by atoms with E-state index in [1.54, 1.807) is 0 Å². The van der Waals surface area contributed by atoms with Crippen LogP contribution in [0.1, 0.15) is 40.0 Å². The molecule has 0 aromatic carbocycles. The van der Waals surface area contributed by atoms with Gasteiger partial charge in [-0.2, -0.15) is 0 Å². The molecule has 17 heavy (non-hydrogen) atoms. The molecule has 1 saturated carbocycles. The molecule has 1 fully saturated rings. The Morgan fingerprint density at radius 2 is 2.00 bits per heavy atom. The predicted octanol–water partition coefficient (Wildman–Crippen LogP) is 3.28. The van der Waals surface area contributed by atoms with E-state index in [4.69, 9.17) is 0 Å². The number of hydrogen-bond donors (Lipinski definition) is 1. The van der Waals surface area contributed by atoms with Gasteiger partial charge >= 0.3 is 0 Å². The number of nitrogens with one attached hydrogen (secondary N) is 1. The number of nitrogens with zero attached hydrogens (tertiary/aromatic N) is 2. The molecule has 1 heterocycles. The molecule has 1 aromatic heterocycles. The first-order valence-electron chi connectivity index (χ1n) is 6.44. The molecular weight excluding hydrogens is 210 g/mol. The molecule has 0 unspecified atom stereocenters. The lowest BCUT2D eigenvalue weighted by molar-refractivity contribution is 0.399. The normalized spacial score (nSPS) is 16.5. The average molecular weight is 233 g/mol. The van der Waals surface area contributed by atoms with Gasteiger partial charge in [0.2, 0.25) is 0 Å². The second-order valence-electron chi connectivity index (χ2n) is 5.95. The third-order valence-electron chi connectivity index (χ3n) is 3.22. The number of rotatable bonds is 3. The van der Waals surface area contributed by atoms with Crippen LogP contribution in [0, 0.1) is 0 Å². The summed E-state index contributed by atoms with van der Waals surface area (Å²) in [5.41, 5.74) is 0.0562. The van der Waals surface area contributed by atoms with Gasteiger partial charge in [-0.3, -0.25) is 0 Å². The van der Waals surface area contributed by atoms with Crippen molar-refractivity contribution in [2.24, 2.45) is 0 Å². The lowest BCUT2D eigenvalue weighted by atomic mass is 9.92. The van der Waals surface area contributed by atoms with E-state index in [-0.39, 0.29) is 5.54 Å². The number of anilines is 2. The molecule has 0 radical (unpaired) electrons. The number of aromatic nitrogens is 1. The van der Waals surface area contributed by atoms with E-state index in [9.17, 15) is 0 Å². The van der Waals surface area contributed by atoms with Crippen molar-refractivity contribution >= 4 is 11.6 Å². The van der Waals surface area contributed by atoms with Crippen molar-refractivity contribution < 1.29 is 0 Å². The van der Waals surface area contributed by atoms with Gasteiger partial charge in [0.25, 0.3) is 0 Å². The van der Waals surface area contributed by atoms with E-state index in [0.717, 1.165) is 11.6 Å². The summed E-state index contributed by atoms with van der Waals surface area (Å²) in [5, 5.41) is 3.41. The van der Waals surface area contributed by atoms with Crippen LogP contribution in [0.25, 0.3) is 0 Å². The SMILES string of the molecule is CN(c1cccc(NC(C)(C)C)n1)C1CCC1. The predicted molar refractivity (Wildman–Crippen MR) is 73.7 cm³/mol. The van der Waals surface area contributed by atoms with Crippen molar-refractivity contribution in [1.82, 2.24) is 4.98 Å². The Kier molecular flexibility index (Phi) is 3.27. The fraction of sp³-hybridized carbons (Fsp3) is 0.643. The molecule has 1 aromatic rings. The Hall–Kier alpha value is -1.25. The fourth-order valence-corrected chi connectivity index (χ4v) is 2.03. The molecule has 1 N–H and O–H groups in total. The van der Waals surface area contributed by atoms with Crippen molar-refractivity contribution in [3.05, 3.63) is 18.2 Å². The van der Waals surface area contributed by atoms with Crippen LogP contribution in [0.15, 0.2) is 18.2 Å². The number of pyridine rings is 1. The van der Waals surface area contributed by atoms with Crippen LogP contribution in [0.4, 0.5) is 11.6 Å². The van der Waals surface area contributed by atoms with Gasteiger partial charge in [0.1, 0.15) is 11.6 Å². The van der Waals surface area contributed by atoms with Crippen LogP contribution in [0.2, 0.25) is 0 Å². The molecule has 0 bridgehead atoms. The highest BCUT2D eigenvalue weighted by Crippen LogP contribution is 2.27. The van der Waals surface area contributed by atoms with Crippen LogP contribution in [-0.4, -0.2) is 23.6 Å². The van der Waals surface area contributed by atoms with Gasteiger partial charge in [-0.25, -0.2) is 4.98 Å². The van der Waals surface area contributed by atoms with Crippen molar-refractivity contribution in [2.75, 3.05) is 17.3 Å². The van der Waals surface area contributed by atoms with E-state index in [1.165, 1.54) is 19.3 Å². The van der Waals surface area contributed by atoms with Gasteiger partial charge in [-0.05, 0) is 52.2 Å². The van der Waals surface area contributed by atoms with Gasteiger partial charge in [-0.1, -0.05) is 6.07 Å². The zero-order chi connectivity index (χ0) is 12.5. The van der Waals surface area contributed by atoms with Gasteiger partial charge in [0, 0.05) is 18.6 Å². The fourth-order valence-electron chi connectivity index (χ4n) is 2.03. The van der Waals surface area contributed by atoms with Gasteiger partial charge in [-0.15, -0.1) is 0 Å². The molecule has 2 rings (SSSR count). The van der Waals surface area contributed by atoms with Crippen LogP contribution >= 0.6 is 0 Å². The molecule has 3 heteroatoms. The summed E-state index contributed by atoms with van der Waals surface area (Å²) in [6.07, 6.45) is 3.96. The lowest BCUT2D eigenvalue weighted by Crippen LogP contribution is -2.37. The minimum Gasteiger partial charge on any atom is -0.365 e. The summed E-state index contributed by atoms with van der Waals surface area (Å²) in [4.78, 5) is 6.98. The standard InChI is InChI=1S/C14H23N3/c1-14(2,3)16-12-9-6-10-13(15-12)17(4)11-7-5-8-11/h6,9-11H,5,7-8H2,1-4H3,(H,15,16). The molecule has 1 aliphatic carbocycles. The zero-order valence-corrected chi connectivity index (χ0v) is 11.3. The second kappa shape index (κ2) is 4.55. The Morgan fingerprint density at radius 3 is 2.53 bits per heavy atom. The molecule has 3 nitrogen and oxygen atoms in total. The Labute approximate surface area is 104 Å². The van der Waals surface area contributed by atoms with Crippen LogP contribution in [0.5, 0.6) is 0 Å². The van der Waals surface area contributed by atoms with Gasteiger partial charge in [0.05, 0.1) is 0 Å². The van der Waals surface area contributed by atoms with Crippen LogP contribution in [0.3, 0.4) is 0 Å². The maximum Gasteiger partial charge on any atom is 0.130 e. The smallest absolute Gasteiger partial charge is 0.130 e. The minimum absolute atomic E-state index is 0.0562. The Morgan fingerprint density at radius 1 is 1.29 bits per heavy atom. The first-order chi connectivity index (χ1) is 7.96. The molecule has 0 saturated heterocycles. The van der Waals surface area contributed by atoms with Gasteiger partial charge < -0.3 is 10.2 Å². The monoisotopic (exact) mass is 233 g/mol. The largest absolute Gasteiger partial charge is 0.365 e. The Bertz CT molecular complexity index is 377. The third-order valence-corrected chi connectivity index (χ3v) is 3.22. The molecule has 0 amide bonds. The highest BCUT2D eigenvalue weighted by atomic mass is 15.2. The van der Waals surface area contributed by atoms with Crippen molar-refractivity contribution in [3.63, 3.8) is 0 Å². The summed E-state index contributed by atoms with van der Waals surface area (Å²) in [6.45, 7) is 6.45. The van der Waals surface area contributed by atoms with Crippen LogP contribution < -0.4 is 10.2 Å². The Balaban J connectivity index is 2.10. The molecule has 0 aliphatic heterocycles. The van der Waals surface area contributed by atoms with E-state index in [2.05, 4.69) is 55.2 Å². The van der Waals surface area contributed by atoms with E-state index >= 15 is 0 Å². The average Bonchev–Trinajstić information content (AvgIpc) is 2.12. The first kappa shape index (κ1) is 12.2. The second-order valence-corrected chi connectivity index (χ2v) is 5.95. The van der Waals surface area contributed by atoms with E-state index in [1.807, 2.05) is 6.07 Å². The summed E-state index contributed by atoms with van der Waals surface area (Å²) < 4.78 is 0. The summed E-state index contributed by atoms with van der Waals surface area (Å²) in [6, 6.07) is 6.88. The van der Waals surface area contributed by atoms with Gasteiger partial charge in [0.15, 0.2) is 0 Å². The summed E-state index contributed by atoms with van der Waals surface area (Å²) in [7, 11) is 2.15. The maximum atomic E-state index is 4.68. The molecule has 0 atom stereocenters. The first-order valence-corrected chi connectivity index (χ1v) is 6.44. The maximum absolute atomic E-state index is 4.68. The van der Waals surface area contributed by atoms with E-state index in [0.29, 0.717) is 6.04 Å².